The first-order valence-electron chi connectivity index (χ1n) is 8.61. The Labute approximate surface area is 136 Å². The largest absolute Gasteiger partial charge is 0.345 e. The van der Waals surface area contributed by atoms with Gasteiger partial charge >= 0.3 is 0 Å². The minimum atomic E-state index is 0. The van der Waals surface area contributed by atoms with Crippen LogP contribution < -0.4 is 5.32 Å². The number of carbonyl (C=O) groups excluding carboxylic acids is 1. The maximum atomic E-state index is 12.4. The summed E-state index contributed by atoms with van der Waals surface area (Å²) in [6.07, 6.45) is 10.0. The number of hydrogen-bond donors (Lipinski definition) is 1. The van der Waals surface area contributed by atoms with Gasteiger partial charge in [-0.3, -0.25) is 4.79 Å². The van der Waals surface area contributed by atoms with Crippen LogP contribution in [-0.2, 0) is 4.79 Å². The second-order valence-electron chi connectivity index (χ2n) is 7.07. The SMILES string of the molecule is CC(CC(=O)N(C)CC1CCCCC1)C1CCCNC1.Cl. The summed E-state index contributed by atoms with van der Waals surface area (Å²) < 4.78 is 0. The molecule has 0 radical (unpaired) electrons. The summed E-state index contributed by atoms with van der Waals surface area (Å²) in [4.78, 5) is 14.4. The summed E-state index contributed by atoms with van der Waals surface area (Å²) in [7, 11) is 2.00. The van der Waals surface area contributed by atoms with Crippen molar-refractivity contribution >= 4 is 18.3 Å². The number of carbonyl (C=O) groups is 1. The third-order valence-electron chi connectivity index (χ3n) is 5.32. The summed E-state index contributed by atoms with van der Waals surface area (Å²) in [6.45, 7) is 5.48. The molecule has 2 aliphatic rings. The van der Waals surface area contributed by atoms with E-state index >= 15 is 0 Å². The van der Waals surface area contributed by atoms with Crippen LogP contribution in [0.3, 0.4) is 0 Å². The lowest BCUT2D eigenvalue weighted by molar-refractivity contribution is -0.132. The lowest BCUT2D eigenvalue weighted by Crippen LogP contribution is -2.37. The highest BCUT2D eigenvalue weighted by molar-refractivity contribution is 5.85. The van der Waals surface area contributed by atoms with Crippen molar-refractivity contribution in [3.63, 3.8) is 0 Å². The number of nitrogens with one attached hydrogen (secondary N) is 1. The Morgan fingerprint density at radius 2 is 1.90 bits per heavy atom. The third kappa shape index (κ3) is 6.15. The van der Waals surface area contributed by atoms with E-state index in [0.29, 0.717) is 17.7 Å². The third-order valence-corrected chi connectivity index (χ3v) is 5.32. The van der Waals surface area contributed by atoms with Gasteiger partial charge in [0.25, 0.3) is 0 Å². The zero-order chi connectivity index (χ0) is 14.4. The first kappa shape index (κ1) is 18.8. The summed E-state index contributed by atoms with van der Waals surface area (Å²) in [5, 5.41) is 3.46. The fraction of sp³-hybridized carbons (Fsp3) is 0.941. The van der Waals surface area contributed by atoms with Gasteiger partial charge in [0.15, 0.2) is 0 Å². The van der Waals surface area contributed by atoms with Crippen LogP contribution in [0.15, 0.2) is 0 Å². The van der Waals surface area contributed by atoms with Crippen molar-refractivity contribution in [1.29, 1.82) is 0 Å². The summed E-state index contributed by atoms with van der Waals surface area (Å²) in [5.41, 5.74) is 0. The molecule has 2 rings (SSSR count). The molecule has 2 fully saturated rings. The summed E-state index contributed by atoms with van der Waals surface area (Å²) in [5.74, 6) is 2.32. The average Bonchev–Trinajstić information content (AvgIpc) is 2.49. The van der Waals surface area contributed by atoms with E-state index in [9.17, 15) is 4.79 Å². The van der Waals surface area contributed by atoms with E-state index in [1.807, 2.05) is 11.9 Å². The Morgan fingerprint density at radius 3 is 2.52 bits per heavy atom. The minimum absolute atomic E-state index is 0. The van der Waals surface area contributed by atoms with E-state index in [0.717, 1.165) is 32.0 Å². The lowest BCUT2D eigenvalue weighted by atomic mass is 9.85. The maximum Gasteiger partial charge on any atom is 0.222 e. The van der Waals surface area contributed by atoms with Crippen LogP contribution >= 0.6 is 12.4 Å². The second-order valence-corrected chi connectivity index (χ2v) is 7.07. The molecule has 1 saturated carbocycles. The molecular formula is C17H33ClN2O. The zero-order valence-corrected chi connectivity index (χ0v) is 14.6. The first-order chi connectivity index (χ1) is 9.66. The fourth-order valence-electron chi connectivity index (χ4n) is 3.82. The lowest BCUT2D eigenvalue weighted by Gasteiger charge is -2.31. The molecule has 2 unspecified atom stereocenters. The van der Waals surface area contributed by atoms with Gasteiger partial charge in [0.05, 0.1) is 0 Å². The molecule has 2 atom stereocenters. The van der Waals surface area contributed by atoms with Gasteiger partial charge in [-0.05, 0) is 56.5 Å². The molecule has 0 bridgehead atoms. The molecule has 21 heavy (non-hydrogen) atoms. The van der Waals surface area contributed by atoms with Gasteiger partial charge in [-0.15, -0.1) is 12.4 Å². The molecule has 1 aliphatic heterocycles. The van der Waals surface area contributed by atoms with Crippen LogP contribution in [0.2, 0.25) is 0 Å². The normalized spacial score (nSPS) is 25.0. The van der Waals surface area contributed by atoms with Crippen LogP contribution in [0.4, 0.5) is 0 Å². The molecule has 4 heteroatoms. The maximum absolute atomic E-state index is 12.4. The predicted molar refractivity (Wildman–Crippen MR) is 90.8 cm³/mol. The molecular weight excluding hydrogens is 284 g/mol. The smallest absolute Gasteiger partial charge is 0.222 e. The Morgan fingerprint density at radius 1 is 1.19 bits per heavy atom. The number of rotatable bonds is 5. The highest BCUT2D eigenvalue weighted by Crippen LogP contribution is 2.26. The topological polar surface area (TPSA) is 32.3 Å². The molecule has 3 nitrogen and oxygen atoms in total. The van der Waals surface area contributed by atoms with E-state index in [1.165, 1.54) is 44.9 Å². The van der Waals surface area contributed by atoms with Crippen LogP contribution in [0.25, 0.3) is 0 Å². The quantitative estimate of drug-likeness (QED) is 0.842. The number of nitrogens with zero attached hydrogens (tertiary/aromatic N) is 1. The number of piperidine rings is 1. The Hall–Kier alpha value is -0.280. The molecule has 0 spiro atoms. The highest BCUT2D eigenvalue weighted by atomic mass is 35.5. The molecule has 1 N–H and O–H groups in total. The van der Waals surface area contributed by atoms with Crippen molar-refractivity contribution in [3.8, 4) is 0 Å². The highest BCUT2D eigenvalue weighted by Gasteiger charge is 2.24. The van der Waals surface area contributed by atoms with Crippen LogP contribution in [0.5, 0.6) is 0 Å². The van der Waals surface area contributed by atoms with E-state index in [2.05, 4.69) is 12.2 Å². The van der Waals surface area contributed by atoms with Crippen molar-refractivity contribution in [2.75, 3.05) is 26.7 Å². The monoisotopic (exact) mass is 316 g/mol. The van der Waals surface area contributed by atoms with Crippen LogP contribution in [0.1, 0.15) is 58.3 Å². The van der Waals surface area contributed by atoms with E-state index < -0.39 is 0 Å². The number of amides is 1. The van der Waals surface area contributed by atoms with Crippen molar-refractivity contribution in [1.82, 2.24) is 10.2 Å². The fourth-order valence-corrected chi connectivity index (χ4v) is 3.82. The van der Waals surface area contributed by atoms with Crippen LogP contribution in [0, 0.1) is 17.8 Å². The second kappa shape index (κ2) is 9.68. The molecule has 124 valence electrons. The zero-order valence-electron chi connectivity index (χ0n) is 13.8. The summed E-state index contributed by atoms with van der Waals surface area (Å²) >= 11 is 0. The van der Waals surface area contributed by atoms with Crippen LogP contribution in [-0.4, -0.2) is 37.5 Å². The Bertz CT molecular complexity index is 299. The standard InChI is InChI=1S/C17H32N2O.ClH/c1-14(16-9-6-10-18-12-16)11-17(20)19(2)13-15-7-4-3-5-8-15;/h14-16,18H,3-13H2,1-2H3;1H. The van der Waals surface area contributed by atoms with Gasteiger partial charge in [0.2, 0.25) is 5.91 Å². The van der Waals surface area contributed by atoms with Gasteiger partial charge in [0.1, 0.15) is 0 Å². The molecule has 1 heterocycles. The predicted octanol–water partition coefficient (Wildman–Crippen LogP) is 3.47. The van der Waals surface area contributed by atoms with E-state index in [4.69, 9.17) is 0 Å². The molecule has 0 aromatic heterocycles. The van der Waals surface area contributed by atoms with Crippen molar-refractivity contribution in [2.45, 2.75) is 58.3 Å². The molecule has 1 amide bonds. The number of hydrogen-bond acceptors (Lipinski definition) is 2. The van der Waals surface area contributed by atoms with Gasteiger partial charge < -0.3 is 10.2 Å². The van der Waals surface area contributed by atoms with E-state index in [1.54, 1.807) is 0 Å². The molecule has 0 aromatic carbocycles. The summed E-state index contributed by atoms with van der Waals surface area (Å²) in [6, 6.07) is 0. The molecule has 1 aliphatic carbocycles. The van der Waals surface area contributed by atoms with Gasteiger partial charge in [-0.25, -0.2) is 0 Å². The Balaban J connectivity index is 0.00000220. The van der Waals surface area contributed by atoms with Crippen molar-refractivity contribution < 1.29 is 4.79 Å². The first-order valence-corrected chi connectivity index (χ1v) is 8.61. The van der Waals surface area contributed by atoms with Crippen molar-refractivity contribution in [2.24, 2.45) is 17.8 Å². The number of halogens is 1. The van der Waals surface area contributed by atoms with Crippen molar-refractivity contribution in [3.05, 3.63) is 0 Å². The molecule has 0 aromatic rings. The van der Waals surface area contributed by atoms with Gasteiger partial charge in [-0.1, -0.05) is 26.2 Å². The van der Waals surface area contributed by atoms with Gasteiger partial charge in [-0.2, -0.15) is 0 Å². The molecule has 1 saturated heterocycles. The minimum Gasteiger partial charge on any atom is -0.345 e. The average molecular weight is 317 g/mol. The van der Waals surface area contributed by atoms with Gasteiger partial charge in [0, 0.05) is 20.0 Å². The van der Waals surface area contributed by atoms with E-state index in [-0.39, 0.29) is 12.4 Å². The Kier molecular flexibility index (Phi) is 8.65.